The molecule has 0 N–H and O–H groups in total. The minimum Gasteiger partial charge on any atom is -0.550 e. The van der Waals surface area contributed by atoms with Crippen LogP contribution in [0.15, 0.2) is 0 Å². The van der Waals surface area contributed by atoms with Crippen molar-refractivity contribution in [3.63, 3.8) is 0 Å². The minimum absolute atomic E-state index is 0. The maximum Gasteiger partial charge on any atom is 3.00 e. The summed E-state index contributed by atoms with van der Waals surface area (Å²) in [5.41, 5.74) is 0. The van der Waals surface area contributed by atoms with E-state index >= 15 is 0 Å². The number of rotatable bonds is 0. The molecule has 1 radical (unpaired) electrons. The minimum atomic E-state index is -1.08. The van der Waals surface area contributed by atoms with Crippen LogP contribution in [0.1, 0.15) is 20.8 Å². The summed E-state index contributed by atoms with van der Waals surface area (Å²) in [7, 11) is 0. The van der Waals surface area contributed by atoms with Crippen LogP contribution in [-0.4, -0.2) is 17.9 Å². The van der Waals surface area contributed by atoms with E-state index in [0.29, 0.717) is 0 Å². The molecule has 0 heterocycles. The molecule has 8 heteroatoms. The molecule has 1 atom stereocenters. The molecule has 0 bridgehead atoms. The summed E-state index contributed by atoms with van der Waals surface area (Å²) in [5.74, 6) is -3.25. The molecular weight excluding hydrogens is 300 g/mol. The van der Waals surface area contributed by atoms with Gasteiger partial charge in [-0.05, 0) is 20.8 Å². The van der Waals surface area contributed by atoms with Gasteiger partial charge in [0.2, 0.25) is 0 Å². The summed E-state index contributed by atoms with van der Waals surface area (Å²) in [6, 6.07) is 0. The van der Waals surface area contributed by atoms with Crippen LogP contribution in [-0.2, 0) is 33.9 Å². The van der Waals surface area contributed by atoms with Gasteiger partial charge < -0.3 is 29.7 Å². The number of carboxylic acids is 3. The van der Waals surface area contributed by atoms with Crippen LogP contribution >= 0.6 is 9.90 Å². The van der Waals surface area contributed by atoms with Crippen LogP contribution in [0.25, 0.3) is 0 Å². The molecule has 0 aliphatic rings. The second-order valence-electron chi connectivity index (χ2n) is 1.47. The Morgan fingerprint density at radius 2 is 0.714 bits per heavy atom. The molecule has 0 amide bonds. The second kappa shape index (κ2) is 22.9. The van der Waals surface area contributed by atoms with Gasteiger partial charge in [0.15, 0.2) is 0 Å². The molecular formula is C6H12O6PRu. The maximum absolute atomic E-state index is 8.89. The van der Waals surface area contributed by atoms with Gasteiger partial charge in [-0.1, -0.05) is 0 Å². The number of carbonyl (C=O) groups excluding carboxylic acids is 3. The molecule has 0 aliphatic carbocycles. The molecule has 6 nitrogen and oxygen atoms in total. The molecule has 0 saturated heterocycles. The van der Waals surface area contributed by atoms with Crippen molar-refractivity contribution in [1.82, 2.24) is 0 Å². The predicted molar refractivity (Wildman–Crippen MR) is 43.1 cm³/mol. The maximum atomic E-state index is 8.89. The van der Waals surface area contributed by atoms with Gasteiger partial charge in [0.25, 0.3) is 0 Å². The second-order valence-corrected chi connectivity index (χ2v) is 1.47. The van der Waals surface area contributed by atoms with Crippen molar-refractivity contribution in [2.45, 2.75) is 20.8 Å². The largest absolute Gasteiger partial charge is 3.00 e. The molecule has 0 aliphatic heterocycles. The van der Waals surface area contributed by atoms with Crippen LogP contribution in [0.3, 0.4) is 0 Å². The average molecular weight is 312 g/mol. The van der Waals surface area contributed by atoms with Gasteiger partial charge in [-0.15, -0.1) is 0 Å². The first-order valence-electron chi connectivity index (χ1n) is 2.72. The monoisotopic (exact) mass is 313 g/mol. The summed E-state index contributed by atoms with van der Waals surface area (Å²) in [6.07, 6.45) is 0. The van der Waals surface area contributed by atoms with E-state index < -0.39 is 17.9 Å². The summed E-state index contributed by atoms with van der Waals surface area (Å²) in [6.45, 7) is 2.92. The van der Waals surface area contributed by atoms with E-state index in [1.54, 1.807) is 0 Å². The van der Waals surface area contributed by atoms with Gasteiger partial charge >= 0.3 is 19.5 Å². The van der Waals surface area contributed by atoms with E-state index in [9.17, 15) is 0 Å². The van der Waals surface area contributed by atoms with Crippen molar-refractivity contribution in [3.05, 3.63) is 0 Å². The molecule has 0 saturated carbocycles. The molecule has 0 aromatic rings. The van der Waals surface area contributed by atoms with Gasteiger partial charge in [0.1, 0.15) is 0 Å². The number of carbonyl (C=O) groups is 3. The molecule has 14 heavy (non-hydrogen) atoms. The SMILES string of the molecule is CC(=O)[O-].CC(=O)[O-].CC(=O)[O-].P.[Ru+3]. The Labute approximate surface area is 98.1 Å². The summed E-state index contributed by atoms with van der Waals surface area (Å²) >= 11 is 0. The fraction of sp³-hybridized carbons (Fsp3) is 0.500. The third-order valence-corrected chi connectivity index (χ3v) is 0. The van der Waals surface area contributed by atoms with E-state index in [4.69, 9.17) is 29.7 Å². The average Bonchev–Trinajstić information content (AvgIpc) is 1.54. The van der Waals surface area contributed by atoms with Gasteiger partial charge in [-0.2, -0.15) is 9.90 Å². The van der Waals surface area contributed by atoms with Crippen molar-refractivity contribution in [3.8, 4) is 0 Å². The first kappa shape index (κ1) is 29.2. The molecule has 0 spiro atoms. The molecule has 0 aromatic heterocycles. The molecule has 0 fully saturated rings. The zero-order valence-electron chi connectivity index (χ0n) is 8.01. The Morgan fingerprint density at radius 3 is 0.714 bits per heavy atom. The van der Waals surface area contributed by atoms with Crippen LogP contribution in [0.4, 0.5) is 0 Å². The number of hydrogen-bond donors (Lipinski definition) is 0. The Hall–Kier alpha value is -0.537. The topological polar surface area (TPSA) is 120 Å². The van der Waals surface area contributed by atoms with Crippen LogP contribution in [0, 0.1) is 0 Å². The van der Waals surface area contributed by atoms with E-state index in [0.717, 1.165) is 20.8 Å². The van der Waals surface area contributed by atoms with Crippen molar-refractivity contribution >= 4 is 27.8 Å². The van der Waals surface area contributed by atoms with E-state index in [1.165, 1.54) is 0 Å². The Balaban J connectivity index is -0.0000000270. The van der Waals surface area contributed by atoms with Crippen LogP contribution in [0.2, 0.25) is 0 Å². The Kier molecular flexibility index (Phi) is 47.7. The van der Waals surface area contributed by atoms with Crippen molar-refractivity contribution in [2.75, 3.05) is 0 Å². The quantitative estimate of drug-likeness (QED) is 0.335. The molecule has 1 unspecified atom stereocenters. The van der Waals surface area contributed by atoms with Crippen molar-refractivity contribution in [1.29, 1.82) is 0 Å². The smallest absolute Gasteiger partial charge is 0.550 e. The first-order chi connectivity index (χ1) is 5.20. The normalized spacial score (nSPS) is 5.36. The molecule has 0 aromatic carbocycles. The van der Waals surface area contributed by atoms with E-state index in [2.05, 4.69) is 0 Å². The zero-order chi connectivity index (χ0) is 10.7. The summed E-state index contributed by atoms with van der Waals surface area (Å²) in [4.78, 5) is 26.7. The van der Waals surface area contributed by atoms with Gasteiger partial charge in [-0.3, -0.25) is 0 Å². The first-order valence-corrected chi connectivity index (χ1v) is 2.72. The van der Waals surface area contributed by atoms with Crippen LogP contribution in [0.5, 0.6) is 0 Å². The summed E-state index contributed by atoms with van der Waals surface area (Å²) in [5, 5.41) is 26.7. The van der Waals surface area contributed by atoms with Crippen LogP contribution < -0.4 is 15.3 Å². The molecule has 85 valence electrons. The van der Waals surface area contributed by atoms with Gasteiger partial charge in [0.05, 0.1) is 0 Å². The third kappa shape index (κ3) is 4360. The number of carboxylic acid groups (broad SMARTS) is 3. The van der Waals surface area contributed by atoms with E-state index in [-0.39, 0.29) is 29.4 Å². The zero-order valence-corrected chi connectivity index (χ0v) is 11.2. The van der Waals surface area contributed by atoms with Gasteiger partial charge in [0, 0.05) is 17.9 Å². The fourth-order valence-electron chi connectivity index (χ4n) is 0. The Bertz CT molecular complexity index is 120. The van der Waals surface area contributed by atoms with Gasteiger partial charge in [-0.25, -0.2) is 0 Å². The summed E-state index contributed by atoms with van der Waals surface area (Å²) < 4.78 is 0. The third-order valence-electron chi connectivity index (χ3n) is 0. The van der Waals surface area contributed by atoms with Crippen molar-refractivity contribution in [2.24, 2.45) is 0 Å². The fourth-order valence-corrected chi connectivity index (χ4v) is 0. The molecule has 0 rings (SSSR count). The number of hydrogen-bond acceptors (Lipinski definition) is 6. The van der Waals surface area contributed by atoms with Crippen molar-refractivity contribution < 1.29 is 49.2 Å². The predicted octanol–water partition coefficient (Wildman–Crippen LogP) is -3.68. The standard InChI is InChI=1S/3C2H4O2.H3P.Ru/c3*1-2(3)4;;/h3*1H3,(H,3,4);1H3;/q;;;;+3/p-3. The van der Waals surface area contributed by atoms with E-state index in [1.807, 2.05) is 0 Å². The number of aliphatic carboxylic acids is 3. The Morgan fingerprint density at radius 1 is 0.714 bits per heavy atom.